The Bertz CT molecular complexity index is 689. The molecule has 24 heavy (non-hydrogen) atoms. The Kier molecular flexibility index (Phi) is 7.09. The van der Waals surface area contributed by atoms with E-state index in [-0.39, 0.29) is 5.97 Å². The molecule has 0 saturated heterocycles. The number of carbonyl (C=O) groups is 1. The third kappa shape index (κ3) is 5.92. The SMILES string of the molecule is CCOC(=O)/C=C/c1cccc(CCc2cccc(OCC)c2)c1. The fraction of sp³-hybridized carbons (Fsp3) is 0.286. The number of hydrogen-bond acceptors (Lipinski definition) is 3. The lowest BCUT2D eigenvalue weighted by atomic mass is 10.0. The highest BCUT2D eigenvalue weighted by Gasteiger charge is 2.00. The topological polar surface area (TPSA) is 35.5 Å². The first-order chi connectivity index (χ1) is 11.7. The molecule has 0 bridgehead atoms. The molecule has 0 unspecified atom stereocenters. The van der Waals surface area contributed by atoms with Crippen molar-refractivity contribution < 1.29 is 14.3 Å². The average molecular weight is 324 g/mol. The molecule has 0 aromatic heterocycles. The van der Waals surface area contributed by atoms with Crippen molar-refractivity contribution in [3.05, 3.63) is 71.3 Å². The normalized spacial score (nSPS) is 10.8. The predicted molar refractivity (Wildman–Crippen MR) is 97.1 cm³/mol. The van der Waals surface area contributed by atoms with Crippen molar-refractivity contribution in [1.29, 1.82) is 0 Å². The van der Waals surface area contributed by atoms with E-state index in [0.29, 0.717) is 13.2 Å². The zero-order chi connectivity index (χ0) is 17.2. The van der Waals surface area contributed by atoms with Crippen molar-refractivity contribution >= 4 is 12.0 Å². The third-order valence-electron chi connectivity index (χ3n) is 3.56. The minimum absolute atomic E-state index is 0.310. The summed E-state index contributed by atoms with van der Waals surface area (Å²) in [5.41, 5.74) is 3.50. The maximum absolute atomic E-state index is 11.4. The van der Waals surface area contributed by atoms with Gasteiger partial charge < -0.3 is 9.47 Å². The minimum atomic E-state index is -0.310. The second kappa shape index (κ2) is 9.56. The van der Waals surface area contributed by atoms with Crippen LogP contribution in [0, 0.1) is 0 Å². The van der Waals surface area contributed by atoms with Gasteiger partial charge in [0.05, 0.1) is 13.2 Å². The highest BCUT2D eigenvalue weighted by molar-refractivity contribution is 5.87. The van der Waals surface area contributed by atoms with Crippen LogP contribution in [0.2, 0.25) is 0 Å². The lowest BCUT2D eigenvalue weighted by Gasteiger charge is -2.07. The molecule has 0 aliphatic rings. The van der Waals surface area contributed by atoms with Crippen molar-refractivity contribution in [1.82, 2.24) is 0 Å². The number of benzene rings is 2. The Balaban J connectivity index is 1.97. The fourth-order valence-electron chi connectivity index (χ4n) is 2.45. The van der Waals surface area contributed by atoms with Gasteiger partial charge in [-0.25, -0.2) is 4.79 Å². The van der Waals surface area contributed by atoms with Crippen LogP contribution >= 0.6 is 0 Å². The number of rotatable bonds is 8. The van der Waals surface area contributed by atoms with E-state index in [1.54, 1.807) is 13.0 Å². The van der Waals surface area contributed by atoms with Gasteiger partial charge in [-0.15, -0.1) is 0 Å². The molecule has 126 valence electrons. The number of hydrogen-bond donors (Lipinski definition) is 0. The Labute approximate surface area is 143 Å². The largest absolute Gasteiger partial charge is 0.494 e. The number of ether oxygens (including phenoxy) is 2. The lowest BCUT2D eigenvalue weighted by Crippen LogP contribution is -1.98. The summed E-state index contributed by atoms with van der Waals surface area (Å²) < 4.78 is 10.4. The second-order valence-corrected chi connectivity index (χ2v) is 5.41. The van der Waals surface area contributed by atoms with Crippen LogP contribution in [-0.2, 0) is 22.4 Å². The van der Waals surface area contributed by atoms with Gasteiger partial charge in [0.25, 0.3) is 0 Å². The summed E-state index contributed by atoms with van der Waals surface area (Å²) in [5, 5.41) is 0. The first-order valence-electron chi connectivity index (χ1n) is 8.36. The van der Waals surface area contributed by atoms with Gasteiger partial charge in [0.1, 0.15) is 5.75 Å². The molecule has 0 heterocycles. The van der Waals surface area contributed by atoms with E-state index < -0.39 is 0 Å². The standard InChI is InChI=1S/C21H24O3/c1-3-23-20-10-6-9-19(16-20)12-11-17-7-5-8-18(15-17)13-14-21(22)24-4-2/h5-10,13-16H,3-4,11-12H2,1-2H3/b14-13+. The lowest BCUT2D eigenvalue weighted by molar-refractivity contribution is -0.137. The van der Waals surface area contributed by atoms with Gasteiger partial charge in [-0.3, -0.25) is 0 Å². The van der Waals surface area contributed by atoms with Crippen molar-refractivity contribution in [2.75, 3.05) is 13.2 Å². The molecule has 3 nitrogen and oxygen atoms in total. The Morgan fingerprint density at radius 1 is 0.958 bits per heavy atom. The molecule has 0 saturated carbocycles. The van der Waals surface area contributed by atoms with Crippen LogP contribution in [-0.4, -0.2) is 19.2 Å². The second-order valence-electron chi connectivity index (χ2n) is 5.41. The average Bonchev–Trinajstić information content (AvgIpc) is 2.60. The van der Waals surface area contributed by atoms with Crippen LogP contribution in [0.15, 0.2) is 54.6 Å². The smallest absolute Gasteiger partial charge is 0.330 e. The van der Waals surface area contributed by atoms with Gasteiger partial charge >= 0.3 is 5.97 Å². The summed E-state index contributed by atoms with van der Waals surface area (Å²) in [6, 6.07) is 16.4. The van der Waals surface area contributed by atoms with Gasteiger partial charge in [0.2, 0.25) is 0 Å². The summed E-state index contributed by atoms with van der Waals surface area (Å²) in [6.07, 6.45) is 5.15. The Morgan fingerprint density at radius 3 is 2.38 bits per heavy atom. The van der Waals surface area contributed by atoms with Gasteiger partial charge in [-0.1, -0.05) is 36.4 Å². The maximum atomic E-state index is 11.4. The number of aryl methyl sites for hydroxylation is 2. The molecule has 3 heteroatoms. The molecule has 2 rings (SSSR count). The van der Waals surface area contributed by atoms with E-state index in [1.165, 1.54) is 17.2 Å². The van der Waals surface area contributed by atoms with Gasteiger partial charge in [-0.2, -0.15) is 0 Å². The van der Waals surface area contributed by atoms with Crippen LogP contribution in [0.5, 0.6) is 5.75 Å². The first-order valence-corrected chi connectivity index (χ1v) is 8.36. The quantitative estimate of drug-likeness (QED) is 0.532. The van der Waals surface area contributed by atoms with Crippen LogP contribution in [0.4, 0.5) is 0 Å². The molecule has 0 aliphatic carbocycles. The highest BCUT2D eigenvalue weighted by atomic mass is 16.5. The van der Waals surface area contributed by atoms with E-state index in [2.05, 4.69) is 24.3 Å². The predicted octanol–water partition coefficient (Wildman–Crippen LogP) is 4.45. The van der Waals surface area contributed by atoms with Crippen molar-refractivity contribution in [2.24, 2.45) is 0 Å². The van der Waals surface area contributed by atoms with E-state index >= 15 is 0 Å². The van der Waals surface area contributed by atoms with Crippen molar-refractivity contribution in [2.45, 2.75) is 26.7 Å². The third-order valence-corrected chi connectivity index (χ3v) is 3.56. The fourth-order valence-corrected chi connectivity index (χ4v) is 2.45. The molecule has 0 atom stereocenters. The molecule has 0 aliphatic heterocycles. The van der Waals surface area contributed by atoms with Crippen LogP contribution in [0.1, 0.15) is 30.5 Å². The summed E-state index contributed by atoms with van der Waals surface area (Å²) in [7, 11) is 0. The van der Waals surface area contributed by atoms with E-state index in [1.807, 2.05) is 31.2 Å². The molecular weight excluding hydrogens is 300 g/mol. The van der Waals surface area contributed by atoms with Crippen LogP contribution < -0.4 is 4.74 Å². The van der Waals surface area contributed by atoms with E-state index in [9.17, 15) is 4.79 Å². The first kappa shape index (κ1) is 17.8. The number of esters is 1. The van der Waals surface area contributed by atoms with Gasteiger partial charge in [0.15, 0.2) is 0 Å². The summed E-state index contributed by atoms with van der Waals surface area (Å²) in [5.74, 6) is 0.608. The molecule has 0 fully saturated rings. The highest BCUT2D eigenvalue weighted by Crippen LogP contribution is 2.16. The molecule has 0 radical (unpaired) electrons. The van der Waals surface area contributed by atoms with Gasteiger partial charge in [-0.05, 0) is 61.6 Å². The molecule has 2 aromatic carbocycles. The maximum Gasteiger partial charge on any atom is 0.330 e. The minimum Gasteiger partial charge on any atom is -0.494 e. The van der Waals surface area contributed by atoms with E-state index in [4.69, 9.17) is 9.47 Å². The summed E-state index contributed by atoms with van der Waals surface area (Å²) >= 11 is 0. The van der Waals surface area contributed by atoms with Gasteiger partial charge in [0, 0.05) is 6.08 Å². The summed E-state index contributed by atoms with van der Waals surface area (Å²) in [4.78, 5) is 11.4. The summed E-state index contributed by atoms with van der Waals surface area (Å²) in [6.45, 7) is 4.86. The van der Waals surface area contributed by atoms with Crippen LogP contribution in [0.3, 0.4) is 0 Å². The van der Waals surface area contributed by atoms with Crippen molar-refractivity contribution in [3.63, 3.8) is 0 Å². The number of carbonyl (C=O) groups excluding carboxylic acids is 1. The van der Waals surface area contributed by atoms with E-state index in [0.717, 1.165) is 24.2 Å². The molecule has 0 amide bonds. The molecule has 2 aromatic rings. The monoisotopic (exact) mass is 324 g/mol. The zero-order valence-electron chi connectivity index (χ0n) is 14.3. The Hall–Kier alpha value is -2.55. The zero-order valence-corrected chi connectivity index (χ0v) is 14.3. The van der Waals surface area contributed by atoms with Crippen molar-refractivity contribution in [3.8, 4) is 5.75 Å². The Morgan fingerprint density at radius 2 is 1.67 bits per heavy atom. The van der Waals surface area contributed by atoms with Crippen LogP contribution in [0.25, 0.3) is 6.08 Å². The molecular formula is C21H24O3. The molecule has 0 spiro atoms. The molecule has 0 N–H and O–H groups in total.